The van der Waals surface area contributed by atoms with Crippen molar-refractivity contribution in [3.63, 3.8) is 0 Å². The Bertz CT molecular complexity index is 1670. The number of benzene rings is 1. The Morgan fingerprint density at radius 1 is 1.24 bits per heavy atom. The molecule has 2 aliphatic rings. The number of fused-ring (bicyclic) bond motifs is 2. The van der Waals surface area contributed by atoms with E-state index in [1.54, 1.807) is 29.2 Å². The van der Waals surface area contributed by atoms with Crippen LogP contribution < -0.4 is 5.32 Å². The molecule has 1 amide bonds. The molecule has 5 heterocycles. The van der Waals surface area contributed by atoms with Crippen molar-refractivity contribution in [1.29, 1.82) is 0 Å². The third-order valence-electron chi connectivity index (χ3n) is 7.78. The minimum Gasteiger partial charge on any atom is -0.345 e. The lowest BCUT2D eigenvalue weighted by molar-refractivity contribution is 0.0549. The molecule has 3 unspecified atom stereocenters. The summed E-state index contributed by atoms with van der Waals surface area (Å²) in [7, 11) is 0.156. The Hall–Kier alpha value is -2.95. The van der Waals surface area contributed by atoms with Crippen LogP contribution in [0.5, 0.6) is 0 Å². The molecule has 1 aromatic carbocycles. The second-order valence-corrected chi connectivity index (χ2v) is 14.1. The van der Waals surface area contributed by atoms with E-state index in [0.717, 1.165) is 10.6 Å². The predicted molar refractivity (Wildman–Crippen MR) is 154 cm³/mol. The molecule has 16 heteroatoms. The third-order valence-corrected chi connectivity index (χ3v) is 10.9. The van der Waals surface area contributed by atoms with Gasteiger partial charge in [0.25, 0.3) is 15.9 Å². The molecule has 2 aliphatic heterocycles. The van der Waals surface area contributed by atoms with Gasteiger partial charge in [-0.2, -0.15) is 9.52 Å². The van der Waals surface area contributed by atoms with Crippen molar-refractivity contribution in [3.8, 4) is 0 Å². The second-order valence-electron chi connectivity index (χ2n) is 10.7. The highest BCUT2D eigenvalue weighted by Crippen LogP contribution is 2.34. The van der Waals surface area contributed by atoms with Crippen LogP contribution in [0.25, 0.3) is 10.9 Å². The van der Waals surface area contributed by atoms with Gasteiger partial charge in [-0.15, -0.1) is 21.5 Å². The smallest absolute Gasteiger partial charge is 0.283 e. The quantitative estimate of drug-likeness (QED) is 0.282. The number of hydrogen-bond acceptors (Lipinski definition) is 10. The highest BCUT2D eigenvalue weighted by Gasteiger charge is 2.39. The van der Waals surface area contributed by atoms with Crippen LogP contribution in [0.15, 0.2) is 29.3 Å². The zero-order valence-corrected chi connectivity index (χ0v) is 25.2. The summed E-state index contributed by atoms with van der Waals surface area (Å²) in [4.78, 5) is 26.7. The Balaban J connectivity index is 1.27. The van der Waals surface area contributed by atoms with Crippen molar-refractivity contribution in [2.45, 2.75) is 49.5 Å². The second kappa shape index (κ2) is 11.0. The van der Waals surface area contributed by atoms with E-state index in [0.29, 0.717) is 46.1 Å². The molecule has 0 saturated carbocycles. The molecule has 4 aromatic rings. The molecule has 0 radical (unpaired) electrons. The number of piperazine rings is 1. The summed E-state index contributed by atoms with van der Waals surface area (Å²) in [6.45, 7) is 3.30. The van der Waals surface area contributed by atoms with Gasteiger partial charge < -0.3 is 15.2 Å². The normalized spacial score (nSPS) is 22.0. The third kappa shape index (κ3) is 5.37. The zero-order chi connectivity index (χ0) is 28.9. The van der Waals surface area contributed by atoms with E-state index in [1.165, 1.54) is 15.6 Å². The fourth-order valence-corrected chi connectivity index (χ4v) is 8.40. The zero-order valence-electron chi connectivity index (χ0n) is 22.8. The first-order valence-electron chi connectivity index (χ1n) is 13.3. The number of hydrogen-bond donors (Lipinski definition) is 3. The van der Waals surface area contributed by atoms with Gasteiger partial charge in [0, 0.05) is 65.5 Å². The number of carbonyl (C=O) groups is 1. The van der Waals surface area contributed by atoms with E-state index in [4.69, 9.17) is 16.6 Å². The molecular weight excluding hydrogens is 588 g/mol. The monoisotopic (exact) mass is 618 g/mol. The molecule has 3 atom stereocenters. The lowest BCUT2D eigenvalue weighted by Crippen LogP contribution is -2.56. The summed E-state index contributed by atoms with van der Waals surface area (Å²) in [5.41, 5.74) is 1.61. The van der Waals surface area contributed by atoms with E-state index in [-0.39, 0.29) is 42.7 Å². The first kappa shape index (κ1) is 28.2. The summed E-state index contributed by atoms with van der Waals surface area (Å²) in [6.07, 6.45) is 0.895. The number of rotatable bonds is 7. The highest BCUT2D eigenvalue weighted by molar-refractivity contribution is 7.89. The van der Waals surface area contributed by atoms with E-state index < -0.39 is 16.1 Å². The molecule has 6 rings (SSSR count). The number of aromatic nitrogens is 6. The van der Waals surface area contributed by atoms with Crippen molar-refractivity contribution < 1.29 is 13.2 Å². The van der Waals surface area contributed by atoms with Crippen LogP contribution in [0.3, 0.4) is 0 Å². The number of nitrogens with one attached hydrogen (secondary N) is 3. The number of amides is 1. The fraction of sp³-hybridized carbons (Fsp3) is 0.480. The number of nitrogens with zero attached hydrogens (tertiary/aromatic N) is 7. The molecule has 0 bridgehead atoms. The Morgan fingerprint density at radius 2 is 2.07 bits per heavy atom. The van der Waals surface area contributed by atoms with Gasteiger partial charge in [0.2, 0.25) is 0 Å². The Morgan fingerprint density at radius 3 is 2.83 bits per heavy atom. The lowest BCUT2D eigenvalue weighted by Gasteiger charge is -2.40. The van der Waals surface area contributed by atoms with Crippen LogP contribution in [0.2, 0.25) is 5.02 Å². The van der Waals surface area contributed by atoms with Gasteiger partial charge in [-0.05, 0) is 51.7 Å². The molecule has 13 nitrogen and oxygen atoms in total. The number of aryl methyl sites for hydroxylation is 1. The molecule has 3 aromatic heterocycles. The van der Waals surface area contributed by atoms with Gasteiger partial charge in [0.1, 0.15) is 5.03 Å². The van der Waals surface area contributed by atoms with Crippen LogP contribution in [-0.2, 0) is 23.0 Å². The van der Waals surface area contributed by atoms with Gasteiger partial charge in [0.15, 0.2) is 10.8 Å². The number of aromatic amines is 2. The van der Waals surface area contributed by atoms with Gasteiger partial charge in [-0.3, -0.25) is 9.69 Å². The summed E-state index contributed by atoms with van der Waals surface area (Å²) in [5.74, 6) is 0.313. The van der Waals surface area contributed by atoms with Gasteiger partial charge in [-0.25, -0.2) is 13.4 Å². The number of carbonyl (C=O) groups excluding carboxylic acids is 1. The number of thiazole rings is 1. The predicted octanol–water partition coefficient (Wildman–Crippen LogP) is 2.03. The Labute approximate surface area is 246 Å². The summed E-state index contributed by atoms with van der Waals surface area (Å²) in [6, 6.07) is 6.62. The summed E-state index contributed by atoms with van der Waals surface area (Å²) >= 11 is 7.51. The van der Waals surface area contributed by atoms with Crippen molar-refractivity contribution in [3.05, 3.63) is 50.7 Å². The van der Waals surface area contributed by atoms with Crippen LogP contribution in [0, 0.1) is 0 Å². The minimum absolute atomic E-state index is 0.0544. The fourth-order valence-electron chi connectivity index (χ4n) is 5.73. The number of H-pyrrole nitrogens is 2. The van der Waals surface area contributed by atoms with Gasteiger partial charge in [0.05, 0.1) is 11.7 Å². The van der Waals surface area contributed by atoms with Crippen LogP contribution in [-0.4, -0.2) is 105 Å². The van der Waals surface area contributed by atoms with E-state index >= 15 is 0 Å². The lowest BCUT2D eigenvalue weighted by atomic mass is 10.0. The summed E-state index contributed by atoms with van der Waals surface area (Å²) in [5, 5.41) is 19.4. The van der Waals surface area contributed by atoms with Gasteiger partial charge >= 0.3 is 0 Å². The number of tetrazole rings is 1. The maximum atomic E-state index is 13.9. The molecular formula is C25H31ClN10O3S2. The molecule has 0 aliphatic carbocycles. The van der Waals surface area contributed by atoms with E-state index in [1.807, 2.05) is 14.1 Å². The van der Waals surface area contributed by atoms with Crippen molar-refractivity contribution in [2.24, 2.45) is 0 Å². The van der Waals surface area contributed by atoms with Crippen molar-refractivity contribution in [2.75, 3.05) is 33.7 Å². The first-order valence-corrected chi connectivity index (χ1v) is 16.0. The molecule has 41 heavy (non-hydrogen) atoms. The Kier molecular flexibility index (Phi) is 7.59. The van der Waals surface area contributed by atoms with E-state index in [9.17, 15) is 13.2 Å². The molecule has 1 fully saturated rings. The maximum Gasteiger partial charge on any atom is 0.283 e. The molecule has 3 N–H and O–H groups in total. The SMILES string of the molecule is CC1NCc2sc(C(=O)N3CCN(S(=O)(=O)c4cc5cc(Cl)ccc5[nH]4)CC3CCc3nn[nH]n3)nc2C1N(C)C. The van der Waals surface area contributed by atoms with Crippen LogP contribution in [0.1, 0.15) is 45.6 Å². The molecule has 1 saturated heterocycles. The molecule has 0 spiro atoms. The largest absolute Gasteiger partial charge is 0.345 e. The number of halogens is 1. The average Bonchev–Trinajstić information content (AvgIpc) is 3.70. The first-order chi connectivity index (χ1) is 19.6. The number of likely N-dealkylation sites (N-methyl/N-ethyl adjacent to an activating group) is 1. The average molecular weight is 619 g/mol. The minimum atomic E-state index is -3.86. The van der Waals surface area contributed by atoms with Gasteiger partial charge in [-0.1, -0.05) is 16.8 Å². The van der Waals surface area contributed by atoms with Crippen LogP contribution in [0.4, 0.5) is 0 Å². The highest BCUT2D eigenvalue weighted by atomic mass is 35.5. The van der Waals surface area contributed by atoms with Crippen molar-refractivity contribution >= 4 is 49.8 Å². The van der Waals surface area contributed by atoms with E-state index in [2.05, 4.69) is 42.7 Å². The molecule has 218 valence electrons. The topological polar surface area (TPSA) is 156 Å². The maximum absolute atomic E-state index is 13.9. The van der Waals surface area contributed by atoms with Crippen molar-refractivity contribution in [1.82, 2.24) is 50.0 Å². The standard InChI is InChI=1S/C25H31ClN10O3S2/c1-14-23(34(2)3)22-19(12-27-14)40-24(29-22)25(37)36-9-8-35(13-17(36)5-7-20-30-32-33-31-20)41(38,39)21-11-15-10-16(26)4-6-18(15)28-21/h4,6,10-11,14,17,23,27-28H,5,7-9,12-13H2,1-3H3,(H,30,31,32,33). The summed E-state index contributed by atoms with van der Waals surface area (Å²) < 4.78 is 28.9. The van der Waals surface area contributed by atoms with Crippen LogP contribution >= 0.6 is 22.9 Å². The number of sulfonamides is 1.